The van der Waals surface area contributed by atoms with E-state index in [9.17, 15) is 9.59 Å². The molecule has 0 saturated carbocycles. The van der Waals surface area contributed by atoms with Gasteiger partial charge in [-0.15, -0.1) is 0 Å². The molecule has 7 heteroatoms. The zero-order valence-electron chi connectivity index (χ0n) is 17.0. The van der Waals surface area contributed by atoms with Crippen LogP contribution in [0.1, 0.15) is 23.3 Å². The second kappa shape index (κ2) is 8.29. The first-order chi connectivity index (χ1) is 14.0. The SMILES string of the molecule is CN(C)C(=O)N1CCC(COc2coc(CN3Cc4ccccc4C3)cc2=O)C1. The monoisotopic (exact) mass is 397 g/mol. The van der Waals surface area contributed by atoms with E-state index >= 15 is 0 Å². The number of nitrogens with zero attached hydrogens (tertiary/aromatic N) is 3. The van der Waals surface area contributed by atoms with Gasteiger partial charge in [0.05, 0.1) is 13.2 Å². The molecule has 7 nitrogen and oxygen atoms in total. The van der Waals surface area contributed by atoms with E-state index in [2.05, 4.69) is 29.2 Å². The fourth-order valence-electron chi connectivity index (χ4n) is 4.00. The van der Waals surface area contributed by atoms with Gasteiger partial charge in [0.2, 0.25) is 11.2 Å². The number of hydrogen-bond donors (Lipinski definition) is 0. The lowest BCUT2D eigenvalue weighted by atomic mass is 10.1. The summed E-state index contributed by atoms with van der Waals surface area (Å²) in [6.45, 7) is 4.09. The molecule has 0 aliphatic carbocycles. The van der Waals surface area contributed by atoms with Crippen LogP contribution in [0.2, 0.25) is 0 Å². The van der Waals surface area contributed by atoms with Gasteiger partial charge in [-0.25, -0.2) is 4.79 Å². The highest BCUT2D eigenvalue weighted by molar-refractivity contribution is 5.74. The topological polar surface area (TPSA) is 66.2 Å². The molecule has 1 aromatic carbocycles. The Kier molecular flexibility index (Phi) is 5.58. The highest BCUT2D eigenvalue weighted by atomic mass is 16.5. The van der Waals surface area contributed by atoms with Crippen molar-refractivity contribution in [2.24, 2.45) is 5.92 Å². The fourth-order valence-corrected chi connectivity index (χ4v) is 4.00. The molecule has 0 bridgehead atoms. The smallest absolute Gasteiger partial charge is 0.319 e. The molecular formula is C22H27N3O4. The Labute approximate surface area is 170 Å². The molecule has 2 aromatic rings. The summed E-state index contributed by atoms with van der Waals surface area (Å²) in [4.78, 5) is 30.1. The number of ether oxygens (including phenoxy) is 1. The maximum absolute atomic E-state index is 12.4. The molecule has 4 rings (SSSR count). The van der Waals surface area contributed by atoms with Gasteiger partial charge < -0.3 is 19.0 Å². The van der Waals surface area contributed by atoms with Gasteiger partial charge in [-0.1, -0.05) is 24.3 Å². The lowest BCUT2D eigenvalue weighted by Crippen LogP contribution is -2.37. The summed E-state index contributed by atoms with van der Waals surface area (Å²) < 4.78 is 11.4. The zero-order chi connectivity index (χ0) is 20.4. The number of benzene rings is 1. The number of fused-ring (bicyclic) bond motifs is 1. The molecule has 1 saturated heterocycles. The third kappa shape index (κ3) is 4.45. The van der Waals surface area contributed by atoms with Crippen LogP contribution < -0.4 is 10.2 Å². The van der Waals surface area contributed by atoms with E-state index in [0.29, 0.717) is 25.5 Å². The van der Waals surface area contributed by atoms with Gasteiger partial charge in [0, 0.05) is 52.3 Å². The van der Waals surface area contributed by atoms with Crippen LogP contribution in [0.5, 0.6) is 5.75 Å². The second-order valence-corrected chi connectivity index (χ2v) is 8.08. The van der Waals surface area contributed by atoms with Crippen LogP contribution in [-0.4, -0.2) is 54.5 Å². The fraction of sp³-hybridized carbons (Fsp3) is 0.455. The molecule has 0 radical (unpaired) electrons. The predicted molar refractivity (Wildman–Crippen MR) is 109 cm³/mol. The number of urea groups is 1. The summed E-state index contributed by atoms with van der Waals surface area (Å²) in [5, 5.41) is 0. The summed E-state index contributed by atoms with van der Waals surface area (Å²) >= 11 is 0. The molecule has 2 amide bonds. The third-order valence-electron chi connectivity index (χ3n) is 5.55. The van der Waals surface area contributed by atoms with Crippen molar-refractivity contribution in [2.45, 2.75) is 26.1 Å². The number of hydrogen-bond acceptors (Lipinski definition) is 5. The Morgan fingerprint density at radius 1 is 1.24 bits per heavy atom. The minimum Gasteiger partial charge on any atom is -0.486 e. The average molecular weight is 397 g/mol. The highest BCUT2D eigenvalue weighted by Crippen LogP contribution is 2.24. The van der Waals surface area contributed by atoms with Crippen molar-refractivity contribution in [3.8, 4) is 5.75 Å². The summed E-state index contributed by atoms with van der Waals surface area (Å²) in [6, 6.07) is 9.91. The van der Waals surface area contributed by atoms with Crippen LogP contribution in [0.15, 0.2) is 45.8 Å². The first-order valence-corrected chi connectivity index (χ1v) is 9.99. The summed E-state index contributed by atoms with van der Waals surface area (Å²) in [5.74, 6) is 1.09. The summed E-state index contributed by atoms with van der Waals surface area (Å²) in [5.41, 5.74) is 2.49. The van der Waals surface area contributed by atoms with Crippen LogP contribution in [0.25, 0.3) is 0 Å². The number of rotatable bonds is 5. The highest BCUT2D eigenvalue weighted by Gasteiger charge is 2.28. The largest absolute Gasteiger partial charge is 0.486 e. The van der Waals surface area contributed by atoms with Crippen molar-refractivity contribution in [1.29, 1.82) is 0 Å². The molecule has 2 aliphatic rings. The third-order valence-corrected chi connectivity index (χ3v) is 5.55. The summed E-state index contributed by atoms with van der Waals surface area (Å²) in [6.07, 6.45) is 2.29. The number of carbonyl (C=O) groups is 1. The lowest BCUT2D eigenvalue weighted by molar-refractivity contribution is 0.176. The quantitative estimate of drug-likeness (QED) is 0.776. The molecule has 1 aromatic heterocycles. The van der Waals surface area contributed by atoms with E-state index in [0.717, 1.165) is 26.1 Å². The van der Waals surface area contributed by atoms with Crippen molar-refractivity contribution >= 4 is 6.03 Å². The zero-order valence-corrected chi connectivity index (χ0v) is 17.0. The van der Waals surface area contributed by atoms with Crippen molar-refractivity contribution < 1.29 is 13.9 Å². The Balaban J connectivity index is 1.30. The standard InChI is InChI=1S/C22H27N3O4/c1-23(2)22(27)25-8-7-16(10-25)14-29-21-15-28-19(9-20(21)26)13-24-11-17-5-3-4-6-18(17)12-24/h3-6,9,15-16H,7-8,10-14H2,1-2H3. The van der Waals surface area contributed by atoms with Gasteiger partial charge in [-0.05, 0) is 17.5 Å². The van der Waals surface area contributed by atoms with Gasteiger partial charge >= 0.3 is 6.03 Å². The van der Waals surface area contributed by atoms with Gasteiger partial charge in [0.25, 0.3) is 0 Å². The van der Waals surface area contributed by atoms with Gasteiger partial charge in [-0.2, -0.15) is 0 Å². The van der Waals surface area contributed by atoms with Gasteiger partial charge in [-0.3, -0.25) is 9.69 Å². The van der Waals surface area contributed by atoms with Crippen molar-refractivity contribution in [1.82, 2.24) is 14.7 Å². The van der Waals surface area contributed by atoms with E-state index in [4.69, 9.17) is 9.15 Å². The molecule has 1 fully saturated rings. The first kappa shape index (κ1) is 19.5. The maximum Gasteiger partial charge on any atom is 0.319 e. The van der Waals surface area contributed by atoms with Crippen LogP contribution in [0.4, 0.5) is 4.79 Å². The Morgan fingerprint density at radius 2 is 1.97 bits per heavy atom. The number of amides is 2. The average Bonchev–Trinajstić information content (AvgIpc) is 3.33. The van der Waals surface area contributed by atoms with Crippen molar-refractivity contribution in [2.75, 3.05) is 33.8 Å². The maximum atomic E-state index is 12.4. The van der Waals surface area contributed by atoms with E-state index in [1.807, 2.05) is 4.90 Å². The number of likely N-dealkylation sites (tertiary alicyclic amines) is 1. The Morgan fingerprint density at radius 3 is 2.62 bits per heavy atom. The molecule has 29 heavy (non-hydrogen) atoms. The Bertz CT molecular complexity index is 915. The molecule has 0 spiro atoms. The predicted octanol–water partition coefficient (Wildman–Crippen LogP) is 2.54. The van der Waals surface area contributed by atoms with E-state index in [1.165, 1.54) is 23.5 Å². The van der Waals surface area contributed by atoms with E-state index in [1.54, 1.807) is 19.0 Å². The molecule has 154 valence electrons. The van der Waals surface area contributed by atoms with Crippen LogP contribution in [-0.2, 0) is 19.6 Å². The van der Waals surface area contributed by atoms with Crippen LogP contribution in [0.3, 0.4) is 0 Å². The Hall–Kier alpha value is -2.80. The summed E-state index contributed by atoms with van der Waals surface area (Å²) in [7, 11) is 3.50. The molecule has 1 atom stereocenters. The van der Waals surface area contributed by atoms with Crippen molar-refractivity contribution in [3.63, 3.8) is 0 Å². The van der Waals surface area contributed by atoms with Gasteiger partial charge in [0.15, 0.2) is 0 Å². The second-order valence-electron chi connectivity index (χ2n) is 8.08. The lowest BCUT2D eigenvalue weighted by Gasteiger charge is -2.21. The minimum absolute atomic E-state index is 0.0143. The molecule has 2 aliphatic heterocycles. The normalized spacial score (nSPS) is 18.7. The molecule has 0 N–H and O–H groups in total. The molecular weight excluding hydrogens is 370 g/mol. The van der Waals surface area contributed by atoms with Gasteiger partial charge in [0.1, 0.15) is 12.0 Å². The first-order valence-electron chi connectivity index (χ1n) is 9.99. The van der Waals surface area contributed by atoms with E-state index in [-0.39, 0.29) is 23.1 Å². The van der Waals surface area contributed by atoms with Crippen molar-refractivity contribution in [3.05, 3.63) is 63.7 Å². The minimum atomic E-state index is -0.165. The van der Waals surface area contributed by atoms with Crippen LogP contribution >= 0.6 is 0 Å². The number of carbonyl (C=O) groups excluding carboxylic acids is 1. The molecule has 1 unspecified atom stereocenters. The van der Waals surface area contributed by atoms with Crippen LogP contribution in [0, 0.1) is 5.92 Å². The molecule has 3 heterocycles. The van der Waals surface area contributed by atoms with E-state index < -0.39 is 0 Å².